The maximum atomic E-state index is 5.82. The molecule has 0 amide bonds. The van der Waals surface area contributed by atoms with E-state index >= 15 is 0 Å². The van der Waals surface area contributed by atoms with Gasteiger partial charge in [0.1, 0.15) is 0 Å². The van der Waals surface area contributed by atoms with E-state index in [1.54, 1.807) is 12.4 Å². The van der Waals surface area contributed by atoms with Gasteiger partial charge >= 0.3 is 0 Å². The van der Waals surface area contributed by atoms with Crippen molar-refractivity contribution in [2.45, 2.75) is 19.1 Å². The molecule has 3 unspecified atom stereocenters. The van der Waals surface area contributed by atoms with Gasteiger partial charge in [0, 0.05) is 18.3 Å². The van der Waals surface area contributed by atoms with Crippen molar-refractivity contribution in [1.29, 1.82) is 0 Å². The third kappa shape index (κ3) is 1.56. The first kappa shape index (κ1) is 8.62. The van der Waals surface area contributed by atoms with Crippen LogP contribution in [0.5, 0.6) is 0 Å². The smallest absolute Gasteiger partial charge is 0.0723 e. The molecule has 70 valence electrons. The highest BCUT2D eigenvalue weighted by atomic mass is 15.4. The van der Waals surface area contributed by atoms with Gasteiger partial charge in [0.25, 0.3) is 0 Å². The molecule has 2 rings (SSSR count). The molecule has 2 heterocycles. The molecular formula is C9H14N4. The third-order valence-corrected chi connectivity index (χ3v) is 2.56. The quantitative estimate of drug-likeness (QED) is 0.573. The fraction of sp³-hybridized carbons (Fsp3) is 0.444. The van der Waals surface area contributed by atoms with Crippen molar-refractivity contribution in [3.8, 4) is 0 Å². The van der Waals surface area contributed by atoms with Gasteiger partial charge < -0.3 is 5.73 Å². The van der Waals surface area contributed by atoms with Crippen molar-refractivity contribution in [2.75, 3.05) is 0 Å². The van der Waals surface area contributed by atoms with Crippen LogP contribution in [0, 0.1) is 5.92 Å². The Labute approximate surface area is 77.5 Å². The normalized spacial score (nSPS) is 33.5. The van der Waals surface area contributed by atoms with Crippen LogP contribution in [0.1, 0.15) is 18.5 Å². The fourth-order valence-electron chi connectivity index (χ4n) is 1.61. The number of hydrazine groups is 1. The number of nitrogens with two attached hydrogens (primary N) is 1. The van der Waals surface area contributed by atoms with Crippen LogP contribution in [0.4, 0.5) is 0 Å². The Morgan fingerprint density at radius 3 is 2.54 bits per heavy atom. The molecule has 0 saturated carbocycles. The summed E-state index contributed by atoms with van der Waals surface area (Å²) in [6, 6.07) is 4.31. The Kier molecular flexibility index (Phi) is 2.26. The lowest BCUT2D eigenvalue weighted by Crippen LogP contribution is -2.38. The Bertz CT molecular complexity index is 274. The minimum Gasteiger partial charge on any atom is -0.315 e. The molecule has 4 heteroatoms. The van der Waals surface area contributed by atoms with Gasteiger partial charge in [0.15, 0.2) is 0 Å². The molecule has 1 aromatic heterocycles. The monoisotopic (exact) mass is 178 g/mol. The molecule has 0 aliphatic carbocycles. The lowest BCUT2D eigenvalue weighted by molar-refractivity contribution is 0.463. The molecule has 13 heavy (non-hydrogen) atoms. The molecule has 4 N–H and O–H groups in total. The summed E-state index contributed by atoms with van der Waals surface area (Å²) in [5.74, 6) is 0.391. The Balaban J connectivity index is 2.19. The zero-order valence-corrected chi connectivity index (χ0v) is 7.57. The van der Waals surface area contributed by atoms with Crippen molar-refractivity contribution in [2.24, 2.45) is 11.7 Å². The molecule has 3 atom stereocenters. The number of nitrogens with one attached hydrogen (secondary N) is 2. The van der Waals surface area contributed by atoms with Crippen LogP contribution in [-0.2, 0) is 0 Å². The number of nitrogens with zero attached hydrogens (tertiary/aromatic N) is 1. The summed E-state index contributed by atoms with van der Waals surface area (Å²) in [7, 11) is 0. The fourth-order valence-corrected chi connectivity index (χ4v) is 1.61. The highest BCUT2D eigenvalue weighted by Gasteiger charge is 2.30. The van der Waals surface area contributed by atoms with E-state index in [1.807, 2.05) is 12.1 Å². The van der Waals surface area contributed by atoms with Crippen LogP contribution in [0.15, 0.2) is 24.5 Å². The van der Waals surface area contributed by atoms with Gasteiger partial charge in [-0.1, -0.05) is 6.92 Å². The summed E-state index contributed by atoms with van der Waals surface area (Å²) < 4.78 is 0. The van der Waals surface area contributed by atoms with Gasteiger partial charge in [-0.3, -0.25) is 4.98 Å². The summed E-state index contributed by atoms with van der Waals surface area (Å²) in [5.41, 5.74) is 13.2. The molecule has 1 saturated heterocycles. The molecule has 0 radical (unpaired) electrons. The molecular weight excluding hydrogens is 164 g/mol. The molecule has 1 aliphatic heterocycles. The summed E-state index contributed by atoms with van der Waals surface area (Å²) >= 11 is 0. The first-order valence-corrected chi connectivity index (χ1v) is 4.45. The summed E-state index contributed by atoms with van der Waals surface area (Å²) in [4.78, 5) is 3.98. The van der Waals surface area contributed by atoms with E-state index in [4.69, 9.17) is 5.73 Å². The number of hydrogen-bond acceptors (Lipinski definition) is 4. The zero-order chi connectivity index (χ0) is 9.26. The van der Waals surface area contributed by atoms with E-state index < -0.39 is 0 Å². The van der Waals surface area contributed by atoms with Crippen molar-refractivity contribution in [1.82, 2.24) is 15.8 Å². The topological polar surface area (TPSA) is 63.0 Å². The molecule has 1 fully saturated rings. The first-order chi connectivity index (χ1) is 6.29. The largest absolute Gasteiger partial charge is 0.315 e. The number of pyridine rings is 1. The second-order valence-corrected chi connectivity index (χ2v) is 3.43. The Hall–Kier alpha value is -0.970. The second kappa shape index (κ2) is 3.41. The van der Waals surface area contributed by atoms with Crippen molar-refractivity contribution >= 4 is 0 Å². The Morgan fingerprint density at radius 2 is 2.00 bits per heavy atom. The predicted molar refractivity (Wildman–Crippen MR) is 50.4 cm³/mol. The van der Waals surface area contributed by atoms with Gasteiger partial charge in [-0.25, -0.2) is 10.9 Å². The van der Waals surface area contributed by atoms with Crippen LogP contribution in [-0.4, -0.2) is 11.1 Å². The van der Waals surface area contributed by atoms with Crippen LogP contribution in [0.25, 0.3) is 0 Å². The van der Waals surface area contributed by atoms with Crippen LogP contribution < -0.4 is 16.6 Å². The van der Waals surface area contributed by atoms with E-state index in [0.717, 1.165) is 0 Å². The number of rotatable bonds is 1. The minimum atomic E-state index is 0.0261. The maximum absolute atomic E-state index is 5.82. The van der Waals surface area contributed by atoms with Gasteiger partial charge in [0.2, 0.25) is 0 Å². The lowest BCUT2D eigenvalue weighted by Gasteiger charge is -2.15. The SMILES string of the molecule is CC1C(N)NNC1c1ccncc1. The van der Waals surface area contributed by atoms with Crippen LogP contribution in [0.3, 0.4) is 0 Å². The molecule has 1 aliphatic rings. The zero-order valence-electron chi connectivity index (χ0n) is 7.57. The van der Waals surface area contributed by atoms with Gasteiger partial charge in [-0.15, -0.1) is 0 Å². The molecule has 4 nitrogen and oxygen atoms in total. The van der Waals surface area contributed by atoms with Gasteiger partial charge in [-0.2, -0.15) is 0 Å². The highest BCUT2D eigenvalue weighted by molar-refractivity contribution is 5.17. The molecule has 0 spiro atoms. The van der Waals surface area contributed by atoms with Gasteiger partial charge in [-0.05, 0) is 17.7 Å². The Morgan fingerprint density at radius 1 is 1.31 bits per heavy atom. The van der Waals surface area contributed by atoms with E-state index in [2.05, 4.69) is 22.8 Å². The van der Waals surface area contributed by atoms with E-state index in [0.29, 0.717) is 5.92 Å². The maximum Gasteiger partial charge on any atom is 0.0723 e. The summed E-state index contributed by atoms with van der Waals surface area (Å²) in [6.45, 7) is 2.13. The summed E-state index contributed by atoms with van der Waals surface area (Å²) in [5, 5.41) is 0. The predicted octanol–water partition coefficient (Wildman–Crippen LogP) is 0.151. The van der Waals surface area contributed by atoms with E-state index in [1.165, 1.54) is 5.56 Å². The standard InChI is InChI=1S/C9H14N4/c1-6-8(12-13-9(6)10)7-2-4-11-5-3-7/h2-6,8-9,12-13H,10H2,1H3. The number of aromatic nitrogens is 1. The van der Waals surface area contributed by atoms with E-state index in [9.17, 15) is 0 Å². The van der Waals surface area contributed by atoms with Crippen molar-refractivity contribution < 1.29 is 0 Å². The summed E-state index contributed by atoms with van der Waals surface area (Å²) in [6.07, 6.45) is 3.62. The second-order valence-electron chi connectivity index (χ2n) is 3.43. The van der Waals surface area contributed by atoms with E-state index in [-0.39, 0.29) is 12.2 Å². The van der Waals surface area contributed by atoms with Gasteiger partial charge in [0.05, 0.1) is 12.2 Å². The first-order valence-electron chi connectivity index (χ1n) is 4.45. The van der Waals surface area contributed by atoms with Crippen LogP contribution >= 0.6 is 0 Å². The lowest BCUT2D eigenvalue weighted by atomic mass is 9.96. The molecule has 0 aromatic carbocycles. The molecule has 0 bridgehead atoms. The average Bonchev–Trinajstić information content (AvgIpc) is 2.49. The van der Waals surface area contributed by atoms with Crippen LogP contribution in [0.2, 0.25) is 0 Å². The average molecular weight is 178 g/mol. The minimum absolute atomic E-state index is 0.0261. The van der Waals surface area contributed by atoms with Crippen molar-refractivity contribution in [3.05, 3.63) is 30.1 Å². The molecule has 1 aromatic rings. The third-order valence-electron chi connectivity index (χ3n) is 2.56. The number of hydrogen-bond donors (Lipinski definition) is 3. The van der Waals surface area contributed by atoms with Crippen molar-refractivity contribution in [3.63, 3.8) is 0 Å². The highest BCUT2D eigenvalue weighted by Crippen LogP contribution is 2.25.